The summed E-state index contributed by atoms with van der Waals surface area (Å²) in [4.78, 5) is 19.2. The molecule has 2 aromatic carbocycles. The van der Waals surface area contributed by atoms with Gasteiger partial charge in [0.2, 0.25) is 5.91 Å². The van der Waals surface area contributed by atoms with Gasteiger partial charge in [-0.25, -0.2) is 0 Å². The van der Waals surface area contributed by atoms with E-state index in [9.17, 15) is 4.79 Å². The second kappa shape index (κ2) is 10.7. The van der Waals surface area contributed by atoms with Crippen molar-refractivity contribution in [2.75, 3.05) is 17.3 Å². The van der Waals surface area contributed by atoms with E-state index in [0.29, 0.717) is 27.3 Å². The lowest BCUT2D eigenvalue weighted by atomic mass is 9.95. The second-order valence-corrected chi connectivity index (χ2v) is 11.1. The van der Waals surface area contributed by atoms with Crippen LogP contribution in [0.15, 0.2) is 83.4 Å². The van der Waals surface area contributed by atoms with E-state index in [2.05, 4.69) is 15.6 Å². The highest BCUT2D eigenvalue weighted by atomic mass is 35.5. The molecule has 3 heterocycles. The molecule has 1 amide bonds. The fourth-order valence-electron chi connectivity index (χ4n) is 4.45. The molecule has 200 valence electrons. The Hall–Kier alpha value is -3.88. The first-order valence-electron chi connectivity index (χ1n) is 12.5. The van der Waals surface area contributed by atoms with Gasteiger partial charge in [0.1, 0.15) is 23.3 Å². The molecule has 2 aromatic heterocycles. The summed E-state index contributed by atoms with van der Waals surface area (Å²) in [5.74, 6) is 1.85. The van der Waals surface area contributed by atoms with E-state index in [-0.39, 0.29) is 18.0 Å². The number of thiocarbonyl (C=S) groups is 1. The molecule has 1 aliphatic rings. The lowest BCUT2D eigenvalue weighted by Crippen LogP contribution is -2.30. The van der Waals surface area contributed by atoms with Crippen LogP contribution in [-0.4, -0.2) is 23.1 Å². The molecule has 5 rings (SSSR count). The Morgan fingerprint density at radius 3 is 2.54 bits per heavy atom. The number of rotatable bonds is 6. The highest BCUT2D eigenvalue weighted by Gasteiger charge is 2.43. The summed E-state index contributed by atoms with van der Waals surface area (Å²) in [5.41, 5.74) is 2.57. The van der Waals surface area contributed by atoms with Crippen LogP contribution in [0, 0.1) is 5.41 Å². The molecule has 39 heavy (non-hydrogen) atoms. The number of benzene rings is 2. The summed E-state index contributed by atoms with van der Waals surface area (Å²) < 4.78 is 12.1. The van der Waals surface area contributed by atoms with Crippen LogP contribution in [0.1, 0.15) is 44.3 Å². The van der Waals surface area contributed by atoms with Gasteiger partial charge in [0.05, 0.1) is 24.5 Å². The van der Waals surface area contributed by atoms with Crippen molar-refractivity contribution < 1.29 is 13.9 Å². The van der Waals surface area contributed by atoms with Crippen molar-refractivity contribution in [1.29, 1.82) is 0 Å². The molecule has 4 aromatic rings. The molecule has 1 saturated heterocycles. The normalized spacial score (nSPS) is 17.2. The first kappa shape index (κ1) is 26.7. The Balaban J connectivity index is 1.55. The smallest absolute Gasteiger partial charge is 0.229 e. The number of nitrogens with one attached hydrogen (secondary N) is 2. The van der Waals surface area contributed by atoms with Crippen LogP contribution in [0.3, 0.4) is 0 Å². The van der Waals surface area contributed by atoms with Crippen LogP contribution < -0.4 is 20.3 Å². The van der Waals surface area contributed by atoms with Crippen molar-refractivity contribution >= 4 is 46.2 Å². The number of ether oxygens (including phenoxy) is 1. The average molecular weight is 561 g/mol. The van der Waals surface area contributed by atoms with E-state index in [0.717, 1.165) is 22.7 Å². The number of aromatic nitrogens is 1. The highest BCUT2D eigenvalue weighted by molar-refractivity contribution is 7.80. The van der Waals surface area contributed by atoms with Crippen molar-refractivity contribution in [1.82, 2.24) is 10.3 Å². The monoisotopic (exact) mass is 560 g/mol. The van der Waals surface area contributed by atoms with Gasteiger partial charge < -0.3 is 24.7 Å². The third kappa shape index (κ3) is 5.48. The van der Waals surface area contributed by atoms with Crippen LogP contribution in [0.4, 0.5) is 11.4 Å². The van der Waals surface area contributed by atoms with Crippen LogP contribution in [-0.2, 0) is 4.79 Å². The number of hydrogen-bond donors (Lipinski definition) is 2. The van der Waals surface area contributed by atoms with Gasteiger partial charge in [0.25, 0.3) is 0 Å². The topological polar surface area (TPSA) is 79.6 Å². The number of anilines is 2. The van der Waals surface area contributed by atoms with Gasteiger partial charge in [-0.05, 0) is 72.9 Å². The molecule has 2 N–H and O–H groups in total. The summed E-state index contributed by atoms with van der Waals surface area (Å²) >= 11 is 11.9. The average Bonchev–Trinajstić information content (AvgIpc) is 3.54. The van der Waals surface area contributed by atoms with Crippen molar-refractivity contribution in [2.45, 2.75) is 32.9 Å². The van der Waals surface area contributed by atoms with Crippen molar-refractivity contribution in [2.24, 2.45) is 5.41 Å². The first-order valence-corrected chi connectivity index (χ1v) is 13.3. The van der Waals surface area contributed by atoms with E-state index in [1.807, 2.05) is 98.5 Å². The third-order valence-electron chi connectivity index (χ3n) is 6.54. The van der Waals surface area contributed by atoms with Crippen LogP contribution in [0.5, 0.6) is 5.75 Å². The zero-order valence-corrected chi connectivity index (χ0v) is 23.6. The molecule has 0 radical (unpaired) electrons. The Bertz CT molecular complexity index is 1500. The molecule has 7 nitrogen and oxygen atoms in total. The molecule has 0 spiro atoms. The maximum Gasteiger partial charge on any atom is 0.229 e. The van der Waals surface area contributed by atoms with Crippen molar-refractivity contribution in [3.63, 3.8) is 0 Å². The number of amides is 1. The summed E-state index contributed by atoms with van der Waals surface area (Å²) in [6.07, 6.45) is 1.76. The van der Waals surface area contributed by atoms with E-state index in [4.69, 9.17) is 33.0 Å². The van der Waals surface area contributed by atoms with Gasteiger partial charge in [-0.15, -0.1) is 0 Å². The van der Waals surface area contributed by atoms with E-state index < -0.39 is 5.41 Å². The number of halogens is 1. The van der Waals surface area contributed by atoms with Crippen LogP contribution >= 0.6 is 23.8 Å². The fraction of sp³-hybridized carbons (Fsp3) is 0.233. The maximum absolute atomic E-state index is 12.6. The number of methoxy groups -OCH3 is 1. The Morgan fingerprint density at radius 2 is 1.87 bits per heavy atom. The SMILES string of the molecule is COc1cc(N2C(=S)N[C@@H](c3ccccn3)[C@H]2c2ccc(-c3ccc(Cl)cc3)o2)ccc1NC(=O)C(C)(C)C. The summed E-state index contributed by atoms with van der Waals surface area (Å²) in [7, 11) is 1.57. The molecular formula is C30H29ClN4O3S. The third-order valence-corrected chi connectivity index (χ3v) is 7.10. The van der Waals surface area contributed by atoms with Gasteiger partial charge in [0.15, 0.2) is 5.11 Å². The first-order chi connectivity index (χ1) is 18.7. The van der Waals surface area contributed by atoms with Gasteiger partial charge in [-0.2, -0.15) is 0 Å². The number of pyridine rings is 1. The minimum atomic E-state index is -0.549. The largest absolute Gasteiger partial charge is 0.494 e. The fourth-order valence-corrected chi connectivity index (χ4v) is 4.92. The van der Waals surface area contributed by atoms with Gasteiger partial charge in [-0.1, -0.05) is 38.4 Å². The zero-order chi connectivity index (χ0) is 27.7. The quantitative estimate of drug-likeness (QED) is 0.242. The Morgan fingerprint density at radius 1 is 1.10 bits per heavy atom. The molecule has 0 unspecified atom stereocenters. The van der Waals surface area contributed by atoms with E-state index >= 15 is 0 Å². The molecule has 0 saturated carbocycles. The molecule has 2 atom stereocenters. The molecule has 1 fully saturated rings. The predicted octanol–water partition coefficient (Wildman–Crippen LogP) is 7.17. The number of carbonyl (C=O) groups excluding carboxylic acids is 1. The Labute approximate surface area is 238 Å². The number of nitrogens with zero attached hydrogens (tertiary/aromatic N) is 2. The predicted molar refractivity (Wildman–Crippen MR) is 158 cm³/mol. The summed E-state index contributed by atoms with van der Waals surface area (Å²) in [5, 5.41) is 7.58. The van der Waals surface area contributed by atoms with Gasteiger partial charge in [0, 0.05) is 34.0 Å². The Kier molecular flexibility index (Phi) is 7.34. The minimum absolute atomic E-state index is 0.106. The van der Waals surface area contributed by atoms with Crippen molar-refractivity contribution in [3.05, 3.63) is 95.5 Å². The second-order valence-electron chi connectivity index (χ2n) is 10.3. The van der Waals surface area contributed by atoms with E-state index in [1.54, 1.807) is 13.3 Å². The van der Waals surface area contributed by atoms with Gasteiger partial charge in [-0.3, -0.25) is 9.78 Å². The molecule has 1 aliphatic heterocycles. The van der Waals surface area contributed by atoms with Gasteiger partial charge >= 0.3 is 0 Å². The zero-order valence-electron chi connectivity index (χ0n) is 22.1. The van der Waals surface area contributed by atoms with Crippen LogP contribution in [0.25, 0.3) is 11.3 Å². The standard InChI is InChI=1S/C30H29ClN4O3S/c1-30(2,3)28(36)33-21-13-12-20(17-25(21)37-4)35-27(26(34-29(35)39)22-7-5-6-16-32-22)24-15-14-23(38-24)18-8-10-19(31)11-9-18/h5-17,26-27H,1-4H3,(H,33,36)(H,34,39)/t26-,27+/m0/s1. The molecular weight excluding hydrogens is 532 g/mol. The lowest BCUT2D eigenvalue weighted by Gasteiger charge is -2.27. The molecule has 9 heteroatoms. The summed E-state index contributed by atoms with van der Waals surface area (Å²) in [6.45, 7) is 5.59. The number of furan rings is 1. The number of hydrogen-bond acceptors (Lipinski definition) is 5. The van der Waals surface area contributed by atoms with E-state index in [1.165, 1.54) is 0 Å². The maximum atomic E-state index is 12.6. The lowest BCUT2D eigenvalue weighted by molar-refractivity contribution is -0.123. The minimum Gasteiger partial charge on any atom is -0.494 e. The van der Waals surface area contributed by atoms with Crippen LogP contribution in [0.2, 0.25) is 5.02 Å². The molecule has 0 aliphatic carbocycles. The highest BCUT2D eigenvalue weighted by Crippen LogP contribution is 2.44. The number of carbonyl (C=O) groups is 1. The molecule has 0 bridgehead atoms. The van der Waals surface area contributed by atoms with Crippen molar-refractivity contribution in [3.8, 4) is 17.1 Å². The summed E-state index contributed by atoms with van der Waals surface area (Å²) in [6, 6.07) is 22.2.